The van der Waals surface area contributed by atoms with Crippen LogP contribution in [0.5, 0.6) is 11.5 Å². The van der Waals surface area contributed by atoms with Crippen molar-refractivity contribution in [3.8, 4) is 11.5 Å². The second kappa shape index (κ2) is 11.1. The molecule has 0 atom stereocenters. The largest absolute Gasteiger partial charge is 0.493 e. The number of thiocarbonyl (C=S) groups is 1. The number of carbonyl (C=O) groups is 2. The summed E-state index contributed by atoms with van der Waals surface area (Å²) in [5.74, 6) is 0.175. The Bertz CT molecular complexity index is 1310. The summed E-state index contributed by atoms with van der Waals surface area (Å²) in [5, 5.41) is 2.22. The van der Waals surface area contributed by atoms with Crippen molar-refractivity contribution in [3.63, 3.8) is 0 Å². The van der Waals surface area contributed by atoms with E-state index in [4.69, 9.17) is 44.9 Å². The van der Waals surface area contributed by atoms with Crippen LogP contribution < -0.4 is 14.9 Å². The van der Waals surface area contributed by atoms with Gasteiger partial charge >= 0.3 is 0 Å². The van der Waals surface area contributed by atoms with E-state index in [0.29, 0.717) is 44.2 Å². The first-order valence-electron chi connectivity index (χ1n) is 10.2. The van der Waals surface area contributed by atoms with Crippen molar-refractivity contribution in [2.45, 2.75) is 6.61 Å². The number of nitrogens with zero attached hydrogens (tertiary/aromatic N) is 1. The number of hydrazine groups is 1. The number of hydrogen-bond acceptors (Lipinski definition) is 6. The van der Waals surface area contributed by atoms with Crippen molar-refractivity contribution in [2.24, 2.45) is 0 Å². The molecular formula is C25H18Cl2N2O4S2. The Kier molecular flexibility index (Phi) is 7.97. The molecule has 0 radical (unpaired) electrons. The van der Waals surface area contributed by atoms with Gasteiger partial charge in [-0.05, 0) is 78.0 Å². The van der Waals surface area contributed by atoms with Gasteiger partial charge in [-0.2, -0.15) is 5.01 Å². The lowest BCUT2D eigenvalue weighted by Gasteiger charge is -2.15. The van der Waals surface area contributed by atoms with Gasteiger partial charge in [-0.25, -0.2) is 0 Å². The molecule has 1 saturated heterocycles. The number of nitrogens with one attached hydrogen (secondary N) is 1. The van der Waals surface area contributed by atoms with Crippen LogP contribution >= 0.6 is 47.2 Å². The maximum Gasteiger partial charge on any atom is 0.285 e. The fraction of sp³-hybridized carbons (Fsp3) is 0.0800. The summed E-state index contributed by atoms with van der Waals surface area (Å²) in [7, 11) is 1.54. The molecule has 0 spiro atoms. The fourth-order valence-electron chi connectivity index (χ4n) is 3.12. The Morgan fingerprint density at radius 1 is 1.03 bits per heavy atom. The number of methoxy groups -OCH3 is 1. The third-order valence-electron chi connectivity index (χ3n) is 4.91. The molecule has 3 aromatic carbocycles. The highest BCUT2D eigenvalue weighted by Crippen LogP contribution is 2.34. The summed E-state index contributed by atoms with van der Waals surface area (Å²) in [6.07, 6.45) is 1.68. The lowest BCUT2D eigenvalue weighted by molar-refractivity contribution is -0.123. The number of hydrogen-bond donors (Lipinski definition) is 1. The third kappa shape index (κ3) is 6.15. The lowest BCUT2D eigenvalue weighted by atomic mass is 10.2. The maximum absolute atomic E-state index is 12.9. The van der Waals surface area contributed by atoms with Crippen molar-refractivity contribution in [1.29, 1.82) is 0 Å². The Labute approximate surface area is 221 Å². The smallest absolute Gasteiger partial charge is 0.285 e. The normalized spacial score (nSPS) is 14.4. The molecule has 1 aliphatic rings. The van der Waals surface area contributed by atoms with E-state index >= 15 is 0 Å². The van der Waals surface area contributed by atoms with Crippen LogP contribution in [0.3, 0.4) is 0 Å². The standard InChI is InChI=1S/C25H18Cl2N2O4S2/c1-32-21-12-16(4-11-20(21)33-14-15-2-7-18(26)8-3-15)13-22-24(31)29(25(34)35-22)28-23(30)17-5-9-19(27)10-6-17/h2-13H,14H2,1H3,(H,28,30)/b22-13-. The van der Waals surface area contributed by atoms with Crippen molar-refractivity contribution in [1.82, 2.24) is 10.4 Å². The van der Waals surface area contributed by atoms with Gasteiger partial charge in [-0.1, -0.05) is 53.2 Å². The Balaban J connectivity index is 1.46. The van der Waals surface area contributed by atoms with E-state index in [9.17, 15) is 9.59 Å². The van der Waals surface area contributed by atoms with Gasteiger partial charge in [-0.15, -0.1) is 0 Å². The average molecular weight is 545 g/mol. The Morgan fingerprint density at radius 2 is 1.69 bits per heavy atom. The van der Waals surface area contributed by atoms with E-state index in [-0.39, 0.29) is 4.32 Å². The predicted molar refractivity (Wildman–Crippen MR) is 143 cm³/mol. The van der Waals surface area contributed by atoms with E-state index in [1.807, 2.05) is 12.1 Å². The minimum Gasteiger partial charge on any atom is -0.493 e. The molecule has 0 aliphatic carbocycles. The van der Waals surface area contributed by atoms with E-state index in [1.54, 1.807) is 67.8 Å². The quantitative estimate of drug-likeness (QED) is 0.285. The molecule has 35 heavy (non-hydrogen) atoms. The van der Waals surface area contributed by atoms with Crippen LogP contribution in [0.4, 0.5) is 0 Å². The molecule has 0 unspecified atom stereocenters. The van der Waals surface area contributed by atoms with E-state index < -0.39 is 11.8 Å². The highest BCUT2D eigenvalue weighted by atomic mass is 35.5. The lowest BCUT2D eigenvalue weighted by Crippen LogP contribution is -2.44. The van der Waals surface area contributed by atoms with Gasteiger partial charge in [0.05, 0.1) is 12.0 Å². The van der Waals surface area contributed by atoms with Crippen molar-refractivity contribution < 1.29 is 19.1 Å². The molecule has 4 rings (SSSR count). The molecule has 2 amide bonds. The van der Waals surface area contributed by atoms with Gasteiger partial charge in [0.1, 0.15) is 6.61 Å². The van der Waals surface area contributed by atoms with Gasteiger partial charge in [0.25, 0.3) is 11.8 Å². The van der Waals surface area contributed by atoms with Crippen LogP contribution in [0.25, 0.3) is 6.08 Å². The van der Waals surface area contributed by atoms with Gasteiger partial charge in [-0.3, -0.25) is 15.0 Å². The van der Waals surface area contributed by atoms with Gasteiger partial charge in [0, 0.05) is 15.6 Å². The molecule has 10 heteroatoms. The molecule has 178 valence electrons. The summed E-state index contributed by atoms with van der Waals surface area (Å²) < 4.78 is 11.6. The summed E-state index contributed by atoms with van der Waals surface area (Å²) in [4.78, 5) is 25.8. The van der Waals surface area contributed by atoms with Gasteiger partial charge in [0.2, 0.25) is 0 Å². The van der Waals surface area contributed by atoms with Crippen molar-refractivity contribution in [2.75, 3.05) is 7.11 Å². The van der Waals surface area contributed by atoms with Crippen molar-refractivity contribution in [3.05, 3.63) is 98.4 Å². The monoisotopic (exact) mass is 544 g/mol. The minimum absolute atomic E-state index is 0.221. The zero-order chi connectivity index (χ0) is 24.9. The molecular weight excluding hydrogens is 527 g/mol. The first kappa shape index (κ1) is 25.1. The number of amides is 2. The zero-order valence-electron chi connectivity index (χ0n) is 18.3. The number of rotatable bonds is 7. The molecule has 1 heterocycles. The third-order valence-corrected chi connectivity index (χ3v) is 6.71. The van der Waals surface area contributed by atoms with Gasteiger partial charge in [0.15, 0.2) is 15.8 Å². The van der Waals surface area contributed by atoms with E-state index in [2.05, 4.69) is 5.43 Å². The number of carbonyl (C=O) groups excluding carboxylic acids is 2. The van der Waals surface area contributed by atoms with Gasteiger partial charge < -0.3 is 9.47 Å². The highest BCUT2D eigenvalue weighted by Gasteiger charge is 2.33. The van der Waals surface area contributed by atoms with E-state index in [0.717, 1.165) is 22.3 Å². The van der Waals surface area contributed by atoms with Crippen LogP contribution in [0.15, 0.2) is 71.6 Å². The summed E-state index contributed by atoms with van der Waals surface area (Å²) >= 11 is 18.2. The fourth-order valence-corrected chi connectivity index (χ4v) is 4.55. The van der Waals surface area contributed by atoms with Crippen LogP contribution in [-0.4, -0.2) is 28.3 Å². The molecule has 1 aliphatic heterocycles. The number of thioether (sulfide) groups is 1. The molecule has 0 aromatic heterocycles. The second-order valence-corrected chi connectivity index (χ2v) is 9.84. The van der Waals surface area contributed by atoms with E-state index in [1.165, 1.54) is 0 Å². The predicted octanol–water partition coefficient (Wildman–Crippen LogP) is 6.13. The Morgan fingerprint density at radius 3 is 2.34 bits per heavy atom. The van der Waals surface area contributed by atoms with Crippen LogP contribution in [-0.2, 0) is 11.4 Å². The minimum atomic E-state index is -0.469. The maximum atomic E-state index is 12.9. The first-order valence-corrected chi connectivity index (χ1v) is 12.2. The molecule has 3 aromatic rings. The molecule has 6 nitrogen and oxygen atoms in total. The number of halogens is 2. The molecule has 0 bridgehead atoms. The molecule has 0 saturated carbocycles. The SMILES string of the molecule is COc1cc(/C=C2\SC(=S)N(NC(=O)c3ccc(Cl)cc3)C2=O)ccc1OCc1ccc(Cl)cc1. The first-order chi connectivity index (χ1) is 16.8. The second-order valence-electron chi connectivity index (χ2n) is 7.29. The Hall–Kier alpha value is -3.04. The topological polar surface area (TPSA) is 67.9 Å². The molecule has 1 fully saturated rings. The average Bonchev–Trinajstić information content (AvgIpc) is 3.11. The number of ether oxygens (including phenoxy) is 2. The highest BCUT2D eigenvalue weighted by molar-refractivity contribution is 8.26. The van der Waals surface area contributed by atoms with Crippen molar-refractivity contribution >= 4 is 69.4 Å². The molecule has 1 N–H and O–H groups in total. The zero-order valence-corrected chi connectivity index (χ0v) is 21.4. The summed E-state index contributed by atoms with van der Waals surface area (Å²) in [6, 6.07) is 19.0. The van der Waals surface area contributed by atoms with Crippen LogP contribution in [0.2, 0.25) is 10.0 Å². The summed E-state index contributed by atoms with van der Waals surface area (Å²) in [5.41, 5.74) is 4.57. The summed E-state index contributed by atoms with van der Waals surface area (Å²) in [6.45, 7) is 0.346. The van der Waals surface area contributed by atoms with Crippen LogP contribution in [0.1, 0.15) is 21.5 Å². The number of benzene rings is 3. The van der Waals surface area contributed by atoms with Crippen LogP contribution in [0, 0.1) is 0 Å².